The summed E-state index contributed by atoms with van der Waals surface area (Å²) in [5, 5.41) is 7.10. The van der Waals surface area contributed by atoms with Crippen molar-refractivity contribution in [3.05, 3.63) is 4.88 Å². The van der Waals surface area contributed by atoms with E-state index in [2.05, 4.69) is 15.6 Å². The second-order valence-electron chi connectivity index (χ2n) is 5.21. The highest BCUT2D eigenvalue weighted by atomic mass is 32.1. The van der Waals surface area contributed by atoms with Gasteiger partial charge in [0.2, 0.25) is 11.8 Å². The number of nitrogens with zero attached hydrogens (tertiary/aromatic N) is 2. The van der Waals surface area contributed by atoms with Crippen LogP contribution in [0.15, 0.2) is 0 Å². The van der Waals surface area contributed by atoms with Gasteiger partial charge in [-0.05, 0) is 19.8 Å². The molecule has 1 aromatic rings. The molecule has 0 aromatic carbocycles. The van der Waals surface area contributed by atoms with Gasteiger partial charge in [-0.15, -0.1) is 0 Å². The first-order valence-electron chi connectivity index (χ1n) is 6.76. The zero-order valence-electron chi connectivity index (χ0n) is 12.4. The fourth-order valence-electron chi connectivity index (χ4n) is 1.68. The lowest BCUT2D eigenvalue weighted by Crippen LogP contribution is -2.42. The van der Waals surface area contributed by atoms with Crippen molar-refractivity contribution in [3.63, 3.8) is 0 Å². The number of ether oxygens (including phenoxy) is 1. The van der Waals surface area contributed by atoms with E-state index in [9.17, 15) is 4.79 Å². The Morgan fingerprint density at radius 3 is 2.80 bits per heavy atom. The van der Waals surface area contributed by atoms with Crippen LogP contribution < -0.4 is 20.3 Å². The first kappa shape index (κ1) is 15.1. The average molecular weight is 298 g/mol. The van der Waals surface area contributed by atoms with Crippen molar-refractivity contribution in [1.82, 2.24) is 15.6 Å². The summed E-state index contributed by atoms with van der Waals surface area (Å²) >= 11 is 1.57. The summed E-state index contributed by atoms with van der Waals surface area (Å²) < 4.78 is 5.28. The fourth-order valence-corrected chi connectivity index (χ4v) is 2.58. The minimum atomic E-state index is -0.217. The van der Waals surface area contributed by atoms with Crippen molar-refractivity contribution in [2.75, 3.05) is 26.1 Å². The van der Waals surface area contributed by atoms with E-state index in [1.807, 2.05) is 25.9 Å². The molecule has 1 fully saturated rings. The number of carbonyl (C=O) groups is 1. The van der Waals surface area contributed by atoms with Gasteiger partial charge in [0.15, 0.2) is 5.13 Å². The van der Waals surface area contributed by atoms with E-state index in [-0.39, 0.29) is 11.9 Å². The number of hydrogen-bond donors (Lipinski definition) is 2. The third-order valence-electron chi connectivity index (χ3n) is 3.11. The summed E-state index contributed by atoms with van der Waals surface area (Å²) in [5.74, 6) is 0.685. The Bertz CT molecular complexity index is 471. The van der Waals surface area contributed by atoms with Gasteiger partial charge in [-0.25, -0.2) is 0 Å². The van der Waals surface area contributed by atoms with Crippen LogP contribution in [-0.2, 0) is 11.3 Å². The first-order valence-corrected chi connectivity index (χ1v) is 7.57. The van der Waals surface area contributed by atoms with Crippen LogP contribution >= 0.6 is 11.3 Å². The molecule has 0 aliphatic heterocycles. The minimum absolute atomic E-state index is 0.0591. The van der Waals surface area contributed by atoms with E-state index in [1.54, 1.807) is 18.4 Å². The van der Waals surface area contributed by atoms with E-state index < -0.39 is 0 Å². The largest absolute Gasteiger partial charge is 0.480 e. The van der Waals surface area contributed by atoms with E-state index in [0.29, 0.717) is 18.5 Å². The molecule has 1 aliphatic carbocycles. The summed E-state index contributed by atoms with van der Waals surface area (Å²) in [6.45, 7) is 2.45. The predicted molar refractivity (Wildman–Crippen MR) is 80.5 cm³/mol. The lowest BCUT2D eigenvalue weighted by Gasteiger charge is -2.13. The fraction of sp³-hybridized carbons (Fsp3) is 0.692. The highest BCUT2D eigenvalue weighted by molar-refractivity contribution is 7.15. The van der Waals surface area contributed by atoms with Gasteiger partial charge in [-0.1, -0.05) is 11.3 Å². The quantitative estimate of drug-likeness (QED) is 0.785. The Kier molecular flexibility index (Phi) is 4.82. The van der Waals surface area contributed by atoms with Gasteiger partial charge in [-0.2, -0.15) is 4.98 Å². The second kappa shape index (κ2) is 6.41. The van der Waals surface area contributed by atoms with Crippen molar-refractivity contribution in [2.45, 2.75) is 38.4 Å². The van der Waals surface area contributed by atoms with Gasteiger partial charge >= 0.3 is 0 Å². The molecule has 1 heterocycles. The molecule has 2 rings (SSSR count). The zero-order chi connectivity index (χ0) is 14.7. The monoisotopic (exact) mass is 298 g/mol. The van der Waals surface area contributed by atoms with Gasteiger partial charge in [0.05, 0.1) is 18.0 Å². The molecule has 0 bridgehead atoms. The number of rotatable bonds is 7. The number of amides is 1. The molecule has 1 amide bonds. The molecule has 1 aromatic heterocycles. The highest BCUT2D eigenvalue weighted by Crippen LogP contribution is 2.30. The number of hydrogen-bond acceptors (Lipinski definition) is 6. The van der Waals surface area contributed by atoms with Gasteiger partial charge < -0.3 is 20.3 Å². The van der Waals surface area contributed by atoms with Crippen LogP contribution in [0.2, 0.25) is 0 Å². The molecule has 1 atom stereocenters. The Labute approximate surface area is 123 Å². The molecule has 0 radical (unpaired) electrons. The summed E-state index contributed by atoms with van der Waals surface area (Å²) in [4.78, 5) is 19.2. The maximum Gasteiger partial charge on any atom is 0.237 e. The molecule has 1 unspecified atom stereocenters. The molecule has 6 nitrogen and oxygen atoms in total. The topological polar surface area (TPSA) is 66.5 Å². The normalized spacial score (nSPS) is 15.8. The third kappa shape index (κ3) is 3.83. The molecular formula is C13H22N4O2S. The van der Waals surface area contributed by atoms with Crippen molar-refractivity contribution < 1.29 is 9.53 Å². The van der Waals surface area contributed by atoms with Gasteiger partial charge in [-0.3, -0.25) is 4.79 Å². The van der Waals surface area contributed by atoms with Crippen LogP contribution in [0.1, 0.15) is 24.6 Å². The number of anilines is 1. The molecule has 1 saturated carbocycles. The summed E-state index contributed by atoms with van der Waals surface area (Å²) in [6, 6.07) is 0.176. The first-order chi connectivity index (χ1) is 9.51. The molecule has 1 aliphatic rings. The Balaban J connectivity index is 1.90. The molecule has 20 heavy (non-hydrogen) atoms. The Morgan fingerprint density at radius 2 is 2.25 bits per heavy atom. The highest BCUT2D eigenvalue weighted by Gasteiger charge is 2.25. The molecule has 0 saturated heterocycles. The summed E-state index contributed by atoms with van der Waals surface area (Å²) in [5.41, 5.74) is 0. The Hall–Kier alpha value is -1.34. The number of nitrogens with one attached hydrogen (secondary N) is 2. The Morgan fingerprint density at radius 1 is 1.55 bits per heavy atom. The second-order valence-corrected chi connectivity index (χ2v) is 6.27. The van der Waals surface area contributed by atoms with Crippen molar-refractivity contribution in [2.24, 2.45) is 0 Å². The lowest BCUT2D eigenvalue weighted by molar-refractivity contribution is -0.122. The number of aromatic nitrogens is 1. The minimum Gasteiger partial charge on any atom is -0.480 e. The number of methoxy groups -OCH3 is 1. The van der Waals surface area contributed by atoms with Crippen LogP contribution in [0.5, 0.6) is 5.88 Å². The van der Waals surface area contributed by atoms with E-state index in [1.165, 1.54) is 0 Å². The van der Waals surface area contributed by atoms with Crippen LogP contribution in [-0.4, -0.2) is 44.2 Å². The van der Waals surface area contributed by atoms with Crippen LogP contribution in [0.3, 0.4) is 0 Å². The smallest absolute Gasteiger partial charge is 0.237 e. The SMILES string of the molecule is COc1nc(N(C)C)sc1CNC(C)C(=O)NC1CC1. The summed E-state index contributed by atoms with van der Waals surface area (Å²) in [6.07, 6.45) is 2.21. The van der Waals surface area contributed by atoms with E-state index >= 15 is 0 Å². The van der Waals surface area contributed by atoms with Gasteiger partial charge in [0.1, 0.15) is 0 Å². The molecule has 2 N–H and O–H groups in total. The lowest BCUT2D eigenvalue weighted by atomic mass is 10.3. The number of thiazole rings is 1. The maximum atomic E-state index is 11.9. The summed E-state index contributed by atoms with van der Waals surface area (Å²) in [7, 11) is 5.50. The average Bonchev–Trinajstić information content (AvgIpc) is 3.12. The van der Waals surface area contributed by atoms with Gasteiger partial charge in [0, 0.05) is 26.7 Å². The van der Waals surface area contributed by atoms with Crippen LogP contribution in [0, 0.1) is 0 Å². The maximum absolute atomic E-state index is 11.9. The van der Waals surface area contributed by atoms with E-state index in [4.69, 9.17) is 4.74 Å². The van der Waals surface area contributed by atoms with Crippen molar-refractivity contribution in [1.29, 1.82) is 0 Å². The van der Waals surface area contributed by atoms with E-state index in [0.717, 1.165) is 22.9 Å². The zero-order valence-corrected chi connectivity index (χ0v) is 13.2. The van der Waals surface area contributed by atoms with Gasteiger partial charge in [0.25, 0.3) is 0 Å². The number of carbonyl (C=O) groups excluding carboxylic acids is 1. The van der Waals surface area contributed by atoms with Crippen LogP contribution in [0.25, 0.3) is 0 Å². The molecular weight excluding hydrogens is 276 g/mol. The van der Waals surface area contributed by atoms with Crippen molar-refractivity contribution >= 4 is 22.4 Å². The van der Waals surface area contributed by atoms with Crippen molar-refractivity contribution in [3.8, 4) is 5.88 Å². The third-order valence-corrected chi connectivity index (χ3v) is 4.32. The molecule has 0 spiro atoms. The standard InChI is InChI=1S/C13H22N4O2S/c1-8(11(18)15-9-5-6-9)14-7-10-12(19-4)16-13(20-10)17(2)3/h8-9,14H,5-7H2,1-4H3,(H,15,18). The molecule has 7 heteroatoms. The predicted octanol–water partition coefficient (Wildman–Crippen LogP) is 0.974. The van der Waals surface area contributed by atoms with Crippen LogP contribution in [0.4, 0.5) is 5.13 Å². The molecule has 112 valence electrons.